The molecule has 1 unspecified atom stereocenters. The van der Waals surface area contributed by atoms with Gasteiger partial charge in [-0.2, -0.15) is 5.10 Å². The molecule has 10 heteroatoms. The fourth-order valence-electron chi connectivity index (χ4n) is 5.04. The van der Waals surface area contributed by atoms with E-state index in [-0.39, 0.29) is 30.3 Å². The summed E-state index contributed by atoms with van der Waals surface area (Å²) in [6, 6.07) is 7.85. The van der Waals surface area contributed by atoms with Crippen LogP contribution in [0.1, 0.15) is 50.7 Å². The van der Waals surface area contributed by atoms with E-state index >= 15 is 0 Å². The predicted molar refractivity (Wildman–Crippen MR) is 138 cm³/mol. The Morgan fingerprint density at radius 1 is 1.26 bits per heavy atom. The van der Waals surface area contributed by atoms with Crippen molar-refractivity contribution in [2.45, 2.75) is 58.0 Å². The zero-order chi connectivity index (χ0) is 24.7. The minimum absolute atomic E-state index is 0. The van der Waals surface area contributed by atoms with Crippen LogP contribution in [0.15, 0.2) is 29.4 Å². The largest absolute Gasteiger partial charge is 0.481 e. The summed E-state index contributed by atoms with van der Waals surface area (Å²) in [6.07, 6.45) is 2.82. The molecule has 0 aromatic heterocycles. The number of carbonyl (C=O) groups excluding carboxylic acids is 1. The number of benzene rings is 1. The van der Waals surface area contributed by atoms with Crippen LogP contribution in [0.25, 0.3) is 0 Å². The summed E-state index contributed by atoms with van der Waals surface area (Å²) in [5, 5.41) is 17.3. The van der Waals surface area contributed by atoms with Crippen LogP contribution in [0, 0.1) is 18.8 Å². The number of hydrazine groups is 1. The lowest BCUT2D eigenvalue weighted by atomic mass is 9.78. The second-order valence-electron chi connectivity index (χ2n) is 9.80. The molecule has 196 valence electrons. The summed E-state index contributed by atoms with van der Waals surface area (Å²) in [6.45, 7) is 8.36. The Balaban J connectivity index is 0.00000432. The molecule has 35 heavy (non-hydrogen) atoms. The minimum Gasteiger partial charge on any atom is -0.481 e. The maximum atomic E-state index is 14.2. The number of unbranched alkanes of at least 4 members (excludes halogenated alkanes) is 1. The van der Waals surface area contributed by atoms with Crippen molar-refractivity contribution in [3.05, 3.63) is 35.4 Å². The van der Waals surface area contributed by atoms with Gasteiger partial charge in [-0.25, -0.2) is 11.0 Å². The zero-order valence-electron chi connectivity index (χ0n) is 21.2. The van der Waals surface area contributed by atoms with Gasteiger partial charge < -0.3 is 20.1 Å². The quantitative estimate of drug-likeness (QED) is 0.339. The first-order valence-electron chi connectivity index (χ1n) is 12.2. The van der Waals surface area contributed by atoms with Gasteiger partial charge in [-0.3, -0.25) is 9.59 Å². The molecular formula is C25H40ClN5O4. The maximum absolute atomic E-state index is 14.2. The molecule has 3 rings (SSSR count). The van der Waals surface area contributed by atoms with Crippen molar-refractivity contribution in [3.8, 4) is 0 Å². The van der Waals surface area contributed by atoms with Gasteiger partial charge in [0.05, 0.1) is 5.92 Å². The smallest absolute Gasteiger partial charge is 0.307 e. The van der Waals surface area contributed by atoms with Crippen LogP contribution in [0.4, 0.5) is 0 Å². The molecule has 2 heterocycles. The average Bonchev–Trinajstić information content (AvgIpc) is 3.25. The number of piperidine rings is 1. The van der Waals surface area contributed by atoms with Crippen molar-refractivity contribution in [2.75, 3.05) is 33.4 Å². The lowest BCUT2D eigenvalue weighted by molar-refractivity contribution is -0.144. The van der Waals surface area contributed by atoms with Crippen molar-refractivity contribution in [1.29, 1.82) is 0 Å². The summed E-state index contributed by atoms with van der Waals surface area (Å²) in [7, 11) is 1.69. The van der Waals surface area contributed by atoms with E-state index in [1.54, 1.807) is 7.11 Å². The Kier molecular flexibility index (Phi) is 11.0. The number of amides is 1. The molecule has 1 aromatic rings. The highest BCUT2D eigenvalue weighted by atomic mass is 35.5. The predicted octanol–water partition coefficient (Wildman–Crippen LogP) is 2.44. The van der Waals surface area contributed by atoms with Crippen molar-refractivity contribution < 1.29 is 19.4 Å². The van der Waals surface area contributed by atoms with Crippen LogP contribution in [0.2, 0.25) is 0 Å². The summed E-state index contributed by atoms with van der Waals surface area (Å²) in [4.78, 5) is 27.7. The number of carboxylic acid groups (broad SMARTS) is 1. The van der Waals surface area contributed by atoms with E-state index in [9.17, 15) is 14.7 Å². The molecule has 1 fully saturated rings. The Labute approximate surface area is 214 Å². The third kappa shape index (κ3) is 6.73. The Morgan fingerprint density at radius 2 is 2.00 bits per heavy atom. The number of hydrogen-bond donors (Lipinski definition) is 4. The second-order valence-corrected chi connectivity index (χ2v) is 9.80. The third-order valence-corrected chi connectivity index (χ3v) is 6.74. The van der Waals surface area contributed by atoms with Gasteiger partial charge in [0, 0.05) is 39.4 Å². The second kappa shape index (κ2) is 13.2. The molecule has 2 aliphatic heterocycles. The fraction of sp³-hybridized carbons (Fsp3) is 0.640. The summed E-state index contributed by atoms with van der Waals surface area (Å²) >= 11 is 0. The number of rotatable bonds is 11. The average molecular weight is 510 g/mol. The lowest BCUT2D eigenvalue weighted by Crippen LogP contribution is -2.58. The first kappa shape index (κ1) is 29.0. The first-order chi connectivity index (χ1) is 16.3. The van der Waals surface area contributed by atoms with E-state index < -0.39 is 17.4 Å². The van der Waals surface area contributed by atoms with Crippen molar-refractivity contribution in [2.24, 2.45) is 16.9 Å². The number of nitrogens with zero attached hydrogens (tertiary/aromatic N) is 2. The van der Waals surface area contributed by atoms with Gasteiger partial charge in [-0.1, -0.05) is 38.1 Å². The maximum Gasteiger partial charge on any atom is 0.307 e. The van der Waals surface area contributed by atoms with Crippen LogP contribution in [-0.4, -0.2) is 67.0 Å². The number of aryl methyl sites for hydroxylation is 1. The minimum atomic E-state index is -0.830. The monoisotopic (exact) mass is 509 g/mol. The summed E-state index contributed by atoms with van der Waals surface area (Å²) in [5.74, 6) is -1.27. The van der Waals surface area contributed by atoms with E-state index in [0.29, 0.717) is 44.8 Å². The van der Waals surface area contributed by atoms with E-state index in [0.717, 1.165) is 24.0 Å². The molecule has 0 spiro atoms. The standard InChI is InChI=1S/C25H39N5O4.ClH/c1-17(2)16-30(20-13-19(24(32)33)14-26-15-20)23(31)22-25(28-29-27-22,11-7-8-12-34-4)21-10-6-5-9-18(21)3;/h5-6,9-10,17,19-20,26,28-29H,7-8,11-16H2,1-4H3,(H,32,33);1H/t19-,20+,25?;/m1./s1. The fourth-order valence-corrected chi connectivity index (χ4v) is 5.04. The molecule has 0 bridgehead atoms. The Bertz CT molecular complexity index is 896. The number of hydrazone groups is 1. The molecule has 2 aliphatic rings. The number of aliphatic carboxylic acids is 1. The molecule has 1 saturated heterocycles. The molecule has 3 atom stereocenters. The van der Waals surface area contributed by atoms with Gasteiger partial charge in [0.2, 0.25) is 0 Å². The topological polar surface area (TPSA) is 115 Å². The van der Waals surface area contributed by atoms with E-state index in [4.69, 9.17) is 4.74 Å². The number of carboxylic acids is 1. The number of halogens is 1. The Hall–Kier alpha value is -2.20. The molecule has 1 aromatic carbocycles. The first-order valence-corrected chi connectivity index (χ1v) is 12.2. The van der Waals surface area contributed by atoms with E-state index in [1.165, 1.54) is 0 Å². The van der Waals surface area contributed by atoms with Crippen LogP contribution in [-0.2, 0) is 19.9 Å². The van der Waals surface area contributed by atoms with Crippen molar-refractivity contribution in [3.63, 3.8) is 0 Å². The van der Waals surface area contributed by atoms with Crippen LogP contribution >= 0.6 is 12.4 Å². The van der Waals surface area contributed by atoms with Crippen LogP contribution in [0.3, 0.4) is 0 Å². The molecular weight excluding hydrogens is 470 g/mol. The SMILES string of the molecule is COCCCCC1(c2ccccc2C)NNN=C1C(=O)N(CC(C)C)[C@@H]1CNC[C@H](C(=O)O)C1.Cl. The van der Waals surface area contributed by atoms with Gasteiger partial charge in [0.15, 0.2) is 5.71 Å². The van der Waals surface area contributed by atoms with Crippen LogP contribution in [0.5, 0.6) is 0 Å². The molecule has 1 amide bonds. The number of ether oxygens (including phenoxy) is 1. The van der Waals surface area contributed by atoms with Gasteiger partial charge in [0.25, 0.3) is 5.91 Å². The Morgan fingerprint density at radius 3 is 2.66 bits per heavy atom. The highest BCUT2D eigenvalue weighted by Gasteiger charge is 2.48. The number of carbonyl (C=O) groups is 2. The van der Waals surface area contributed by atoms with E-state index in [1.807, 2.05) is 36.1 Å². The lowest BCUT2D eigenvalue weighted by Gasteiger charge is -2.40. The molecule has 0 aliphatic carbocycles. The normalized spacial score (nSPS) is 23.9. The van der Waals surface area contributed by atoms with Gasteiger partial charge in [0.1, 0.15) is 5.54 Å². The third-order valence-electron chi connectivity index (χ3n) is 6.74. The molecule has 4 N–H and O–H groups in total. The van der Waals surface area contributed by atoms with Crippen LogP contribution < -0.4 is 16.3 Å². The molecule has 0 radical (unpaired) electrons. The molecule has 0 saturated carbocycles. The molecule has 9 nitrogen and oxygen atoms in total. The number of methoxy groups -OCH3 is 1. The highest BCUT2D eigenvalue weighted by molar-refractivity contribution is 6.42. The summed E-state index contributed by atoms with van der Waals surface area (Å²) < 4.78 is 5.24. The zero-order valence-corrected chi connectivity index (χ0v) is 22.0. The summed E-state index contributed by atoms with van der Waals surface area (Å²) in [5.41, 5.74) is 7.96. The van der Waals surface area contributed by atoms with Crippen molar-refractivity contribution in [1.82, 2.24) is 21.2 Å². The van der Waals surface area contributed by atoms with Gasteiger partial charge in [-0.15, -0.1) is 12.4 Å². The van der Waals surface area contributed by atoms with Gasteiger partial charge >= 0.3 is 5.97 Å². The highest BCUT2D eigenvalue weighted by Crippen LogP contribution is 2.34. The number of nitrogens with one attached hydrogen (secondary N) is 3. The van der Waals surface area contributed by atoms with Crippen molar-refractivity contribution >= 4 is 30.0 Å². The van der Waals surface area contributed by atoms with E-state index in [2.05, 4.69) is 35.2 Å². The van der Waals surface area contributed by atoms with Gasteiger partial charge in [-0.05, 0) is 49.7 Å². The number of hydrogen-bond acceptors (Lipinski definition) is 7.